The van der Waals surface area contributed by atoms with Crippen molar-refractivity contribution in [2.24, 2.45) is 5.92 Å². The Labute approximate surface area is 116 Å². The second-order valence-corrected chi connectivity index (χ2v) is 6.32. The standard InChI is InChI=1S/C13H20N2O3S/c1-9-2-4-13(18,5-3-9)8-14-6-10-7-19-11(15-10)12(16)17/h7,9,14,18H,2-6,8H2,1H3,(H,16,17). The molecule has 0 saturated heterocycles. The lowest BCUT2D eigenvalue weighted by molar-refractivity contribution is -0.00635. The Balaban J connectivity index is 1.78. The summed E-state index contributed by atoms with van der Waals surface area (Å²) in [5, 5.41) is 24.2. The fourth-order valence-corrected chi connectivity index (χ4v) is 3.04. The Hall–Kier alpha value is -0.980. The fourth-order valence-electron chi connectivity index (χ4n) is 2.39. The topological polar surface area (TPSA) is 82.5 Å². The van der Waals surface area contributed by atoms with Gasteiger partial charge in [0.05, 0.1) is 11.3 Å². The molecule has 1 saturated carbocycles. The van der Waals surface area contributed by atoms with Gasteiger partial charge in [-0.2, -0.15) is 0 Å². The summed E-state index contributed by atoms with van der Waals surface area (Å²) < 4.78 is 0. The van der Waals surface area contributed by atoms with Gasteiger partial charge in [-0.1, -0.05) is 6.92 Å². The molecule has 5 nitrogen and oxygen atoms in total. The molecule has 0 spiro atoms. The number of aromatic nitrogens is 1. The molecule has 106 valence electrons. The Bertz CT molecular complexity index is 439. The molecular weight excluding hydrogens is 264 g/mol. The van der Waals surface area contributed by atoms with E-state index in [1.54, 1.807) is 5.38 Å². The highest BCUT2D eigenvalue weighted by Crippen LogP contribution is 2.31. The molecule has 0 aliphatic heterocycles. The van der Waals surface area contributed by atoms with Crippen LogP contribution in [0.5, 0.6) is 0 Å². The highest BCUT2D eigenvalue weighted by Gasteiger charge is 2.31. The smallest absolute Gasteiger partial charge is 0.365 e. The third-order valence-corrected chi connectivity index (χ3v) is 4.58. The minimum Gasteiger partial charge on any atom is -0.476 e. The van der Waals surface area contributed by atoms with Crippen LogP contribution in [0.4, 0.5) is 0 Å². The van der Waals surface area contributed by atoms with Crippen LogP contribution in [0.25, 0.3) is 0 Å². The monoisotopic (exact) mass is 284 g/mol. The molecule has 1 aliphatic rings. The van der Waals surface area contributed by atoms with E-state index >= 15 is 0 Å². The van der Waals surface area contributed by atoms with Crippen molar-refractivity contribution in [3.05, 3.63) is 16.1 Å². The Morgan fingerprint density at radius 3 is 2.84 bits per heavy atom. The average Bonchev–Trinajstić information content (AvgIpc) is 2.82. The number of carboxylic acids is 1. The van der Waals surface area contributed by atoms with Crippen LogP contribution in [0.2, 0.25) is 0 Å². The summed E-state index contributed by atoms with van der Waals surface area (Å²) in [5.74, 6) is -0.284. The quantitative estimate of drug-likeness (QED) is 0.769. The van der Waals surface area contributed by atoms with Crippen LogP contribution in [0.1, 0.15) is 48.1 Å². The summed E-state index contributed by atoms with van der Waals surface area (Å²) >= 11 is 1.13. The van der Waals surface area contributed by atoms with Gasteiger partial charge in [-0.05, 0) is 31.6 Å². The van der Waals surface area contributed by atoms with Gasteiger partial charge in [0.2, 0.25) is 5.01 Å². The first-order valence-electron chi connectivity index (χ1n) is 6.59. The predicted molar refractivity (Wildman–Crippen MR) is 73.4 cm³/mol. The number of rotatable bonds is 5. The molecule has 0 atom stereocenters. The van der Waals surface area contributed by atoms with Crippen LogP contribution in [0, 0.1) is 5.92 Å². The van der Waals surface area contributed by atoms with Crippen LogP contribution in [0.3, 0.4) is 0 Å². The summed E-state index contributed by atoms with van der Waals surface area (Å²) in [6.07, 6.45) is 3.80. The molecule has 1 fully saturated rings. The minimum absolute atomic E-state index is 0.113. The van der Waals surface area contributed by atoms with Crippen molar-refractivity contribution in [3.63, 3.8) is 0 Å². The maximum atomic E-state index is 10.7. The fraction of sp³-hybridized carbons (Fsp3) is 0.692. The molecule has 1 heterocycles. The lowest BCUT2D eigenvalue weighted by atomic mass is 9.79. The van der Waals surface area contributed by atoms with Gasteiger partial charge in [0, 0.05) is 18.5 Å². The summed E-state index contributed by atoms with van der Waals surface area (Å²) in [4.78, 5) is 14.7. The van der Waals surface area contributed by atoms with E-state index in [0.29, 0.717) is 19.0 Å². The van der Waals surface area contributed by atoms with Crippen molar-refractivity contribution in [1.82, 2.24) is 10.3 Å². The predicted octanol–water partition coefficient (Wildman–Crippen LogP) is 1.87. The van der Waals surface area contributed by atoms with Crippen molar-refractivity contribution >= 4 is 17.3 Å². The van der Waals surface area contributed by atoms with E-state index in [4.69, 9.17) is 5.11 Å². The van der Waals surface area contributed by atoms with Crippen LogP contribution in [-0.4, -0.2) is 33.3 Å². The lowest BCUT2D eigenvalue weighted by Crippen LogP contribution is -2.43. The van der Waals surface area contributed by atoms with Gasteiger partial charge in [0.25, 0.3) is 0 Å². The molecular formula is C13H20N2O3S. The number of hydrogen-bond acceptors (Lipinski definition) is 5. The first-order chi connectivity index (χ1) is 8.98. The molecule has 2 rings (SSSR count). The third kappa shape index (κ3) is 3.99. The number of hydrogen-bond donors (Lipinski definition) is 3. The SMILES string of the molecule is CC1CCC(O)(CNCc2csc(C(=O)O)n2)CC1. The van der Waals surface area contributed by atoms with Crippen molar-refractivity contribution in [3.8, 4) is 0 Å². The van der Waals surface area contributed by atoms with Crippen LogP contribution >= 0.6 is 11.3 Å². The zero-order valence-electron chi connectivity index (χ0n) is 11.1. The highest BCUT2D eigenvalue weighted by molar-refractivity contribution is 7.11. The van der Waals surface area contributed by atoms with Crippen molar-refractivity contribution in [2.75, 3.05) is 6.54 Å². The van der Waals surface area contributed by atoms with E-state index in [2.05, 4.69) is 17.2 Å². The van der Waals surface area contributed by atoms with Gasteiger partial charge in [0.15, 0.2) is 0 Å². The van der Waals surface area contributed by atoms with E-state index < -0.39 is 11.6 Å². The summed E-state index contributed by atoms with van der Waals surface area (Å²) in [7, 11) is 0. The number of nitrogens with zero attached hydrogens (tertiary/aromatic N) is 1. The molecule has 0 unspecified atom stereocenters. The molecule has 3 N–H and O–H groups in total. The van der Waals surface area contributed by atoms with Crippen LogP contribution in [-0.2, 0) is 6.54 Å². The molecule has 19 heavy (non-hydrogen) atoms. The summed E-state index contributed by atoms with van der Waals surface area (Å²) in [6.45, 7) is 3.26. The number of nitrogens with one attached hydrogen (secondary N) is 1. The van der Waals surface area contributed by atoms with Crippen molar-refractivity contribution in [1.29, 1.82) is 0 Å². The number of carbonyl (C=O) groups is 1. The largest absolute Gasteiger partial charge is 0.476 e. The zero-order valence-corrected chi connectivity index (χ0v) is 11.9. The number of thiazole rings is 1. The molecule has 6 heteroatoms. The van der Waals surface area contributed by atoms with Gasteiger partial charge in [-0.15, -0.1) is 11.3 Å². The molecule has 1 aliphatic carbocycles. The molecule has 1 aromatic heterocycles. The molecule has 1 aromatic rings. The normalized spacial score (nSPS) is 27.4. The van der Waals surface area contributed by atoms with Gasteiger partial charge >= 0.3 is 5.97 Å². The summed E-state index contributed by atoms with van der Waals surface area (Å²) in [5.41, 5.74) is 0.105. The van der Waals surface area contributed by atoms with E-state index in [-0.39, 0.29) is 5.01 Å². The first kappa shape index (κ1) is 14.4. The molecule has 0 amide bonds. The third-order valence-electron chi connectivity index (χ3n) is 3.70. The Kier molecular flexibility index (Phi) is 4.54. The molecule has 0 aromatic carbocycles. The second-order valence-electron chi connectivity index (χ2n) is 5.46. The number of aromatic carboxylic acids is 1. The van der Waals surface area contributed by atoms with Crippen molar-refractivity contribution < 1.29 is 15.0 Å². The molecule has 0 radical (unpaired) electrons. The maximum Gasteiger partial charge on any atom is 0.365 e. The van der Waals surface area contributed by atoms with E-state index in [1.165, 1.54) is 0 Å². The van der Waals surface area contributed by atoms with Gasteiger partial charge < -0.3 is 15.5 Å². The van der Waals surface area contributed by atoms with Gasteiger partial charge in [-0.3, -0.25) is 0 Å². The van der Waals surface area contributed by atoms with Crippen molar-refractivity contribution in [2.45, 2.75) is 44.8 Å². The lowest BCUT2D eigenvalue weighted by Gasteiger charge is -2.35. The second kappa shape index (κ2) is 5.98. The first-order valence-corrected chi connectivity index (χ1v) is 7.47. The van der Waals surface area contributed by atoms with Gasteiger partial charge in [0.1, 0.15) is 0 Å². The Morgan fingerprint density at radius 2 is 2.26 bits per heavy atom. The highest BCUT2D eigenvalue weighted by atomic mass is 32.1. The van der Waals surface area contributed by atoms with Gasteiger partial charge in [-0.25, -0.2) is 9.78 Å². The number of aliphatic hydroxyl groups is 1. The maximum absolute atomic E-state index is 10.7. The molecule has 0 bridgehead atoms. The van der Waals surface area contributed by atoms with E-state index in [9.17, 15) is 9.90 Å². The number of carboxylic acid groups (broad SMARTS) is 1. The Morgan fingerprint density at radius 1 is 1.58 bits per heavy atom. The zero-order chi connectivity index (χ0) is 13.9. The minimum atomic E-state index is -0.990. The van der Waals surface area contributed by atoms with E-state index in [0.717, 1.165) is 42.7 Å². The van der Waals surface area contributed by atoms with E-state index in [1.807, 2.05) is 0 Å². The van der Waals surface area contributed by atoms with Crippen LogP contribution < -0.4 is 5.32 Å². The average molecular weight is 284 g/mol. The van der Waals surface area contributed by atoms with Crippen LogP contribution in [0.15, 0.2) is 5.38 Å². The summed E-state index contributed by atoms with van der Waals surface area (Å²) in [6, 6.07) is 0.